The van der Waals surface area contributed by atoms with E-state index in [0.29, 0.717) is 6.10 Å². The fourth-order valence-corrected chi connectivity index (χ4v) is 2.02. The lowest BCUT2D eigenvalue weighted by atomic mass is 10.4. The Balaban J connectivity index is 2.19. The number of hydrogen-bond donors (Lipinski definition) is 0. The Hall–Kier alpha value is -0.350. The molecule has 1 aliphatic carbocycles. The second-order valence-electron chi connectivity index (χ2n) is 3.20. The fraction of sp³-hybridized carbons (Fsp3) is 0.500. The van der Waals surface area contributed by atoms with Gasteiger partial charge in [0.2, 0.25) is 0 Å². The number of aromatic nitrogens is 1. The van der Waals surface area contributed by atoms with Crippen molar-refractivity contribution in [2.24, 2.45) is 0 Å². The predicted octanol–water partition coefficient (Wildman–Crippen LogP) is 3.07. The summed E-state index contributed by atoms with van der Waals surface area (Å²) in [5.74, 6) is 0.969. The zero-order valence-electron chi connectivity index (χ0n) is 8.32. The highest BCUT2D eigenvalue weighted by Crippen LogP contribution is 2.30. The largest absolute Gasteiger partial charge is 0.490 e. The molecule has 1 aromatic heterocycles. The molecule has 1 heterocycles. The van der Waals surface area contributed by atoms with Gasteiger partial charge in [0.25, 0.3) is 0 Å². The van der Waals surface area contributed by atoms with Crippen LogP contribution in [0.1, 0.15) is 12.8 Å². The Morgan fingerprint density at radius 2 is 1.79 bits per heavy atom. The first-order chi connectivity index (χ1) is 6.81. The molecule has 1 aliphatic rings. The lowest BCUT2D eigenvalue weighted by Gasteiger charge is -2.07. The van der Waals surface area contributed by atoms with Crippen LogP contribution in [0, 0.1) is 0 Å². The van der Waals surface area contributed by atoms with Crippen LogP contribution in [0.3, 0.4) is 0 Å². The molecule has 1 saturated carbocycles. The third kappa shape index (κ3) is 2.58. The molecule has 1 aromatic rings. The average Bonchev–Trinajstić information content (AvgIpc) is 3.01. The molecule has 2 rings (SSSR count). The summed E-state index contributed by atoms with van der Waals surface area (Å²) in [6, 6.07) is 4.03. The first-order valence-electron chi connectivity index (χ1n) is 4.58. The first kappa shape index (κ1) is 10.2. The van der Waals surface area contributed by atoms with Gasteiger partial charge >= 0.3 is 0 Å². The summed E-state index contributed by atoms with van der Waals surface area (Å²) in [6.45, 7) is 0. The van der Waals surface area contributed by atoms with E-state index < -0.39 is 0 Å². The highest BCUT2D eigenvalue weighted by atomic mass is 32.2. The number of pyridine rings is 1. The zero-order valence-corrected chi connectivity index (χ0v) is 9.95. The van der Waals surface area contributed by atoms with Crippen molar-refractivity contribution >= 4 is 23.5 Å². The van der Waals surface area contributed by atoms with Crippen molar-refractivity contribution in [1.29, 1.82) is 0 Å². The van der Waals surface area contributed by atoms with Gasteiger partial charge in [0.1, 0.15) is 15.8 Å². The molecular formula is C10H13NOS2. The van der Waals surface area contributed by atoms with E-state index >= 15 is 0 Å². The molecule has 76 valence electrons. The maximum absolute atomic E-state index is 5.74. The zero-order chi connectivity index (χ0) is 9.97. The lowest BCUT2D eigenvalue weighted by molar-refractivity contribution is 0.301. The van der Waals surface area contributed by atoms with E-state index in [9.17, 15) is 0 Å². The molecule has 14 heavy (non-hydrogen) atoms. The molecule has 0 N–H and O–H groups in total. The van der Waals surface area contributed by atoms with Crippen molar-refractivity contribution in [2.75, 3.05) is 12.5 Å². The van der Waals surface area contributed by atoms with E-state index in [4.69, 9.17) is 4.74 Å². The van der Waals surface area contributed by atoms with Crippen molar-refractivity contribution in [3.63, 3.8) is 0 Å². The van der Waals surface area contributed by atoms with Crippen molar-refractivity contribution in [1.82, 2.24) is 4.98 Å². The van der Waals surface area contributed by atoms with Crippen LogP contribution < -0.4 is 4.74 Å². The van der Waals surface area contributed by atoms with Gasteiger partial charge in [-0.05, 0) is 25.4 Å². The number of hydrogen-bond acceptors (Lipinski definition) is 4. The minimum Gasteiger partial charge on any atom is -0.490 e. The second kappa shape index (κ2) is 4.45. The van der Waals surface area contributed by atoms with Crippen LogP contribution in [-0.2, 0) is 0 Å². The van der Waals surface area contributed by atoms with Gasteiger partial charge in [-0.1, -0.05) is 0 Å². The SMILES string of the molecule is CSc1cc(OC2CC2)cc(SC)n1. The summed E-state index contributed by atoms with van der Waals surface area (Å²) in [6.07, 6.45) is 6.93. The van der Waals surface area contributed by atoms with Gasteiger partial charge in [0, 0.05) is 12.1 Å². The van der Waals surface area contributed by atoms with E-state index in [1.54, 1.807) is 23.5 Å². The summed E-state index contributed by atoms with van der Waals surface area (Å²) in [5, 5.41) is 2.07. The van der Waals surface area contributed by atoms with Gasteiger partial charge in [-0.15, -0.1) is 23.5 Å². The van der Waals surface area contributed by atoms with Gasteiger partial charge in [-0.3, -0.25) is 0 Å². The smallest absolute Gasteiger partial charge is 0.125 e. The molecule has 0 atom stereocenters. The van der Waals surface area contributed by atoms with Crippen LogP contribution in [0.25, 0.3) is 0 Å². The third-order valence-electron chi connectivity index (χ3n) is 2.00. The molecule has 0 unspecified atom stereocenters. The summed E-state index contributed by atoms with van der Waals surface area (Å²) in [5.41, 5.74) is 0. The van der Waals surface area contributed by atoms with E-state index in [0.717, 1.165) is 15.8 Å². The summed E-state index contributed by atoms with van der Waals surface area (Å²) < 4.78 is 5.74. The molecule has 0 amide bonds. The van der Waals surface area contributed by atoms with Crippen molar-refractivity contribution in [2.45, 2.75) is 29.0 Å². The average molecular weight is 227 g/mol. The normalized spacial score (nSPS) is 15.6. The van der Waals surface area contributed by atoms with Crippen LogP contribution in [-0.4, -0.2) is 23.6 Å². The Morgan fingerprint density at radius 1 is 1.21 bits per heavy atom. The van der Waals surface area contributed by atoms with E-state index in [2.05, 4.69) is 4.98 Å². The van der Waals surface area contributed by atoms with Gasteiger partial charge in [-0.2, -0.15) is 0 Å². The highest BCUT2D eigenvalue weighted by molar-refractivity contribution is 7.99. The quantitative estimate of drug-likeness (QED) is 0.737. The highest BCUT2D eigenvalue weighted by Gasteiger charge is 2.23. The molecule has 0 radical (unpaired) electrons. The second-order valence-corrected chi connectivity index (χ2v) is 4.86. The van der Waals surface area contributed by atoms with Crippen molar-refractivity contribution in [3.8, 4) is 5.75 Å². The Labute approximate surface area is 92.8 Å². The summed E-state index contributed by atoms with van der Waals surface area (Å²) in [7, 11) is 0. The fourth-order valence-electron chi connectivity index (χ4n) is 1.11. The molecule has 0 bridgehead atoms. The number of nitrogens with zero attached hydrogens (tertiary/aromatic N) is 1. The van der Waals surface area contributed by atoms with Crippen LogP contribution in [0.5, 0.6) is 5.75 Å². The Bertz CT molecular complexity index is 304. The van der Waals surface area contributed by atoms with Crippen LogP contribution in [0.15, 0.2) is 22.2 Å². The Morgan fingerprint density at radius 3 is 2.21 bits per heavy atom. The standard InChI is InChI=1S/C10H13NOS2/c1-13-9-5-8(12-7-3-4-7)6-10(11-9)14-2/h5-7H,3-4H2,1-2H3. The van der Waals surface area contributed by atoms with Crippen molar-refractivity contribution < 1.29 is 4.74 Å². The predicted molar refractivity (Wildman–Crippen MR) is 61.4 cm³/mol. The molecular weight excluding hydrogens is 214 g/mol. The molecule has 0 aromatic carbocycles. The maximum atomic E-state index is 5.74. The van der Waals surface area contributed by atoms with Crippen LogP contribution in [0.2, 0.25) is 0 Å². The lowest BCUT2D eigenvalue weighted by Crippen LogP contribution is -1.97. The minimum atomic E-state index is 0.460. The monoisotopic (exact) mass is 227 g/mol. The van der Waals surface area contributed by atoms with Crippen LogP contribution >= 0.6 is 23.5 Å². The van der Waals surface area contributed by atoms with Gasteiger partial charge in [0.05, 0.1) is 6.10 Å². The van der Waals surface area contributed by atoms with E-state index in [1.807, 2.05) is 24.6 Å². The number of thioether (sulfide) groups is 2. The minimum absolute atomic E-state index is 0.460. The van der Waals surface area contributed by atoms with Gasteiger partial charge in [-0.25, -0.2) is 4.98 Å². The Kier molecular flexibility index (Phi) is 3.23. The molecule has 0 aliphatic heterocycles. The third-order valence-corrected chi connectivity index (χ3v) is 3.25. The summed E-state index contributed by atoms with van der Waals surface area (Å²) >= 11 is 3.31. The van der Waals surface area contributed by atoms with Crippen LogP contribution in [0.4, 0.5) is 0 Å². The molecule has 1 fully saturated rings. The topological polar surface area (TPSA) is 22.1 Å². The van der Waals surface area contributed by atoms with Crippen molar-refractivity contribution in [3.05, 3.63) is 12.1 Å². The molecule has 0 spiro atoms. The molecule has 2 nitrogen and oxygen atoms in total. The summed E-state index contributed by atoms with van der Waals surface area (Å²) in [4.78, 5) is 4.44. The van der Waals surface area contributed by atoms with E-state index in [-0.39, 0.29) is 0 Å². The number of ether oxygens (including phenoxy) is 1. The maximum Gasteiger partial charge on any atom is 0.125 e. The van der Waals surface area contributed by atoms with Gasteiger partial charge < -0.3 is 4.74 Å². The van der Waals surface area contributed by atoms with E-state index in [1.165, 1.54) is 12.8 Å². The van der Waals surface area contributed by atoms with Gasteiger partial charge in [0.15, 0.2) is 0 Å². The first-order valence-corrected chi connectivity index (χ1v) is 7.03. The number of rotatable bonds is 4. The molecule has 4 heteroatoms. The molecule has 0 saturated heterocycles.